The van der Waals surface area contributed by atoms with Crippen molar-refractivity contribution in [2.75, 3.05) is 29.7 Å². The first-order chi connectivity index (χ1) is 10.8. The molecule has 0 unspecified atom stereocenters. The van der Waals surface area contributed by atoms with Crippen molar-refractivity contribution < 1.29 is 25.2 Å². The van der Waals surface area contributed by atoms with E-state index in [1.807, 2.05) is 4.98 Å². The van der Waals surface area contributed by atoms with Crippen molar-refractivity contribution in [1.29, 1.82) is 0 Å². The predicted molar refractivity (Wildman–Crippen MR) is 80.6 cm³/mol. The molecule has 0 aromatic carbocycles. The molecule has 0 aliphatic carbocycles. The third kappa shape index (κ3) is 5.33. The molecular weight excluding hydrogens is 336 g/mol. The zero-order valence-corrected chi connectivity index (χ0v) is 12.5. The summed E-state index contributed by atoms with van der Waals surface area (Å²) in [7, 11) is 0. The SMILES string of the molecule is O=C(CCl)Nc1c(NC[C@H](O)[C@H](O)[C@H](O)CO)[nH]c(=O)[nH]c1=O. The molecular formula is C11H17ClN4O7. The highest BCUT2D eigenvalue weighted by molar-refractivity contribution is 6.29. The van der Waals surface area contributed by atoms with Gasteiger partial charge in [0.25, 0.3) is 5.56 Å². The molecule has 0 bridgehead atoms. The third-order valence-corrected chi connectivity index (χ3v) is 3.03. The van der Waals surface area contributed by atoms with E-state index in [0.717, 1.165) is 0 Å². The number of anilines is 2. The summed E-state index contributed by atoms with van der Waals surface area (Å²) < 4.78 is 0. The Morgan fingerprint density at radius 1 is 1.17 bits per heavy atom. The Balaban J connectivity index is 2.93. The number of aliphatic hydroxyl groups is 4. The summed E-state index contributed by atoms with van der Waals surface area (Å²) >= 11 is 5.32. The Hall–Kier alpha value is -1.92. The summed E-state index contributed by atoms with van der Waals surface area (Å²) in [5, 5.41) is 41.7. The van der Waals surface area contributed by atoms with Gasteiger partial charge in [-0.3, -0.25) is 19.6 Å². The summed E-state index contributed by atoms with van der Waals surface area (Å²) in [4.78, 5) is 38.3. The molecule has 23 heavy (non-hydrogen) atoms. The van der Waals surface area contributed by atoms with Crippen LogP contribution in [0, 0.1) is 0 Å². The zero-order valence-electron chi connectivity index (χ0n) is 11.7. The topological polar surface area (TPSA) is 188 Å². The number of aliphatic hydroxyl groups excluding tert-OH is 4. The Morgan fingerprint density at radius 3 is 2.39 bits per heavy atom. The minimum atomic E-state index is -1.66. The quantitative estimate of drug-likeness (QED) is 0.223. The average Bonchev–Trinajstić information content (AvgIpc) is 2.53. The van der Waals surface area contributed by atoms with E-state index in [1.54, 1.807) is 0 Å². The molecule has 1 aromatic heterocycles. The zero-order chi connectivity index (χ0) is 17.6. The van der Waals surface area contributed by atoms with Crippen LogP contribution in [0.2, 0.25) is 0 Å². The maximum Gasteiger partial charge on any atom is 0.327 e. The number of hydrogen-bond acceptors (Lipinski definition) is 8. The number of hydrogen-bond donors (Lipinski definition) is 8. The second kappa shape index (κ2) is 8.64. The highest BCUT2D eigenvalue weighted by atomic mass is 35.5. The molecule has 0 aliphatic rings. The molecule has 3 atom stereocenters. The molecule has 0 saturated heterocycles. The molecule has 130 valence electrons. The molecule has 0 spiro atoms. The fraction of sp³-hybridized carbons (Fsp3) is 0.545. The van der Waals surface area contributed by atoms with Gasteiger partial charge in [0.15, 0.2) is 0 Å². The lowest BCUT2D eigenvalue weighted by molar-refractivity contribution is -0.113. The summed E-state index contributed by atoms with van der Waals surface area (Å²) in [6.07, 6.45) is -4.76. The number of nitrogens with one attached hydrogen (secondary N) is 4. The van der Waals surface area contributed by atoms with Gasteiger partial charge >= 0.3 is 5.69 Å². The van der Waals surface area contributed by atoms with Gasteiger partial charge in [-0.2, -0.15) is 0 Å². The largest absolute Gasteiger partial charge is 0.394 e. The summed E-state index contributed by atoms with van der Waals surface area (Å²) in [6.45, 7) is -1.17. The molecule has 1 heterocycles. The lowest BCUT2D eigenvalue weighted by Crippen LogP contribution is -2.43. The summed E-state index contributed by atoms with van der Waals surface area (Å²) in [6, 6.07) is 0. The van der Waals surface area contributed by atoms with Crippen molar-refractivity contribution in [2.45, 2.75) is 18.3 Å². The smallest absolute Gasteiger partial charge is 0.327 e. The molecule has 12 heteroatoms. The van der Waals surface area contributed by atoms with Crippen LogP contribution in [0.5, 0.6) is 0 Å². The minimum Gasteiger partial charge on any atom is -0.394 e. The molecule has 0 fully saturated rings. The normalized spacial score (nSPS) is 14.8. The van der Waals surface area contributed by atoms with E-state index < -0.39 is 54.5 Å². The van der Waals surface area contributed by atoms with Crippen molar-refractivity contribution in [3.05, 3.63) is 20.8 Å². The van der Waals surface area contributed by atoms with Crippen LogP contribution in [0.4, 0.5) is 11.5 Å². The van der Waals surface area contributed by atoms with Crippen LogP contribution < -0.4 is 21.9 Å². The number of halogens is 1. The van der Waals surface area contributed by atoms with Crippen molar-refractivity contribution in [3.63, 3.8) is 0 Å². The fourth-order valence-corrected chi connectivity index (χ4v) is 1.67. The molecule has 1 amide bonds. The second-order valence-electron chi connectivity index (χ2n) is 4.53. The van der Waals surface area contributed by atoms with Gasteiger partial charge in [0.2, 0.25) is 5.91 Å². The van der Waals surface area contributed by atoms with E-state index in [1.165, 1.54) is 0 Å². The molecule has 0 radical (unpaired) electrons. The predicted octanol–water partition coefficient (Wildman–Crippen LogP) is -3.27. The molecule has 11 nitrogen and oxygen atoms in total. The third-order valence-electron chi connectivity index (χ3n) is 2.79. The van der Waals surface area contributed by atoms with E-state index in [2.05, 4.69) is 15.6 Å². The van der Waals surface area contributed by atoms with Crippen LogP contribution >= 0.6 is 11.6 Å². The van der Waals surface area contributed by atoms with Gasteiger partial charge in [-0.05, 0) is 0 Å². The van der Waals surface area contributed by atoms with Crippen molar-refractivity contribution in [2.24, 2.45) is 0 Å². The number of H-pyrrole nitrogens is 2. The van der Waals surface area contributed by atoms with Gasteiger partial charge in [-0.1, -0.05) is 0 Å². The average molecular weight is 353 g/mol. The van der Waals surface area contributed by atoms with Crippen LogP contribution in [-0.2, 0) is 4.79 Å². The first-order valence-corrected chi connectivity index (χ1v) is 6.95. The first-order valence-electron chi connectivity index (χ1n) is 6.41. The number of amides is 1. The maximum absolute atomic E-state index is 11.7. The van der Waals surface area contributed by atoms with Crippen LogP contribution in [0.1, 0.15) is 0 Å². The van der Waals surface area contributed by atoms with Crippen LogP contribution in [-0.4, -0.2) is 73.6 Å². The van der Waals surface area contributed by atoms with Gasteiger partial charge in [0.1, 0.15) is 29.6 Å². The van der Waals surface area contributed by atoms with E-state index >= 15 is 0 Å². The monoisotopic (exact) mass is 352 g/mol. The Morgan fingerprint density at radius 2 is 1.83 bits per heavy atom. The minimum absolute atomic E-state index is 0.220. The van der Waals surface area contributed by atoms with Crippen LogP contribution in [0.15, 0.2) is 9.59 Å². The van der Waals surface area contributed by atoms with Gasteiger partial charge < -0.3 is 31.1 Å². The van der Waals surface area contributed by atoms with E-state index in [9.17, 15) is 29.7 Å². The van der Waals surface area contributed by atoms with Crippen molar-refractivity contribution in [1.82, 2.24) is 9.97 Å². The number of carbonyl (C=O) groups is 1. The number of rotatable bonds is 8. The standard InChI is InChI=1S/C11H17ClN4O7/c12-1-6(20)14-7-9(15-11(23)16-10(7)22)13-2-4(18)8(21)5(19)3-17/h4-5,8,17-19,21H,1-3H2,(H,14,20)(H3,13,15,16,22,23)/t4-,5+,8-/m0/s1. The van der Waals surface area contributed by atoms with Gasteiger partial charge in [-0.25, -0.2) is 4.79 Å². The highest BCUT2D eigenvalue weighted by Crippen LogP contribution is 2.12. The lowest BCUT2D eigenvalue weighted by Gasteiger charge is -2.22. The van der Waals surface area contributed by atoms with Crippen LogP contribution in [0.25, 0.3) is 0 Å². The highest BCUT2D eigenvalue weighted by Gasteiger charge is 2.24. The number of aromatic nitrogens is 2. The number of carbonyl (C=O) groups excluding carboxylic acids is 1. The van der Waals surface area contributed by atoms with Gasteiger partial charge in [-0.15, -0.1) is 11.6 Å². The van der Waals surface area contributed by atoms with Crippen molar-refractivity contribution >= 4 is 29.0 Å². The van der Waals surface area contributed by atoms with Gasteiger partial charge in [0, 0.05) is 6.54 Å². The number of alkyl halides is 1. The molecule has 1 rings (SSSR count). The van der Waals surface area contributed by atoms with Gasteiger partial charge in [0.05, 0.1) is 12.7 Å². The van der Waals surface area contributed by atoms with Crippen molar-refractivity contribution in [3.8, 4) is 0 Å². The fourth-order valence-electron chi connectivity index (χ4n) is 1.60. The van der Waals surface area contributed by atoms with Crippen LogP contribution in [0.3, 0.4) is 0 Å². The maximum atomic E-state index is 11.7. The van der Waals surface area contributed by atoms with E-state index in [0.29, 0.717) is 0 Å². The second-order valence-corrected chi connectivity index (χ2v) is 4.80. The summed E-state index contributed by atoms with van der Waals surface area (Å²) in [5.74, 6) is -1.35. The first kappa shape index (κ1) is 19.1. The Bertz CT molecular complexity index is 646. The lowest BCUT2D eigenvalue weighted by atomic mass is 10.1. The molecule has 0 saturated carbocycles. The summed E-state index contributed by atoms with van der Waals surface area (Å²) in [5.41, 5.74) is -2.11. The number of aromatic amines is 2. The van der Waals surface area contributed by atoms with E-state index in [-0.39, 0.29) is 11.5 Å². The molecule has 8 N–H and O–H groups in total. The Kier molecular flexibility index (Phi) is 7.19. The molecule has 0 aliphatic heterocycles. The Labute approximate surface area is 133 Å². The van der Waals surface area contributed by atoms with E-state index in [4.69, 9.17) is 16.7 Å². The molecule has 1 aromatic rings.